The summed E-state index contributed by atoms with van der Waals surface area (Å²) in [7, 11) is 2.41. The van der Waals surface area contributed by atoms with Gasteiger partial charge in [0.15, 0.2) is 0 Å². The van der Waals surface area contributed by atoms with Gasteiger partial charge in [-0.25, -0.2) is 0 Å². The molecule has 0 rings (SSSR count). The first-order chi connectivity index (χ1) is 20.5. The van der Waals surface area contributed by atoms with Crippen LogP contribution in [0.15, 0.2) is 0 Å². The molecule has 254 valence electrons. The summed E-state index contributed by atoms with van der Waals surface area (Å²) < 4.78 is 1.08. The second-order valence-electron chi connectivity index (χ2n) is 14.7. The second kappa shape index (κ2) is 33.8. The van der Waals surface area contributed by atoms with Gasteiger partial charge >= 0.3 is 0 Å². The first-order valence-corrected chi connectivity index (χ1v) is 20.1. The van der Waals surface area contributed by atoms with Crippen molar-refractivity contribution in [1.29, 1.82) is 0 Å². The van der Waals surface area contributed by atoms with Crippen LogP contribution in [0.4, 0.5) is 0 Å². The normalized spacial score (nSPS) is 12.8. The van der Waals surface area contributed by atoms with Gasteiger partial charge in [0.25, 0.3) is 0 Å². The number of unbranched alkanes of at least 4 members (excludes halogenated alkanes) is 30. The van der Waals surface area contributed by atoms with Crippen molar-refractivity contribution in [2.45, 2.75) is 232 Å². The predicted molar refractivity (Wildman–Crippen MR) is 192 cm³/mol. The number of quaternary nitrogens is 1. The average Bonchev–Trinajstić information content (AvgIpc) is 2.96. The first-order valence-electron chi connectivity index (χ1n) is 20.1. The summed E-state index contributed by atoms with van der Waals surface area (Å²) in [5, 5.41) is 10.1. The van der Waals surface area contributed by atoms with Crippen molar-refractivity contribution in [3.05, 3.63) is 0 Å². The lowest BCUT2D eigenvalue weighted by atomic mass is 10.0. The van der Waals surface area contributed by atoms with Crippen molar-refractivity contribution in [3.63, 3.8) is 0 Å². The van der Waals surface area contributed by atoms with Gasteiger partial charge in [0.2, 0.25) is 0 Å². The van der Waals surface area contributed by atoms with Crippen molar-refractivity contribution in [2.24, 2.45) is 0 Å². The molecule has 42 heavy (non-hydrogen) atoms. The second-order valence-corrected chi connectivity index (χ2v) is 14.7. The lowest BCUT2D eigenvalue weighted by Gasteiger charge is -2.36. The van der Waals surface area contributed by atoms with E-state index in [0.29, 0.717) is 0 Å². The van der Waals surface area contributed by atoms with E-state index in [4.69, 9.17) is 0 Å². The van der Waals surface area contributed by atoms with Crippen molar-refractivity contribution in [3.8, 4) is 0 Å². The highest BCUT2D eigenvalue weighted by Crippen LogP contribution is 2.17. The van der Waals surface area contributed by atoms with E-state index in [1.807, 2.05) is 6.92 Å². The standard InChI is InChI=1S/C40H84NO/c1-5-7-9-11-13-15-17-19-21-23-25-27-29-31-33-35-37-41(4,39-40(3)42)38-36-34-32-30-28-26-24-22-20-18-16-14-12-10-8-6-2/h40,42H,5-39H2,1-4H3/q+1. The fraction of sp³-hybridized carbons (Fsp3) is 1.00. The molecule has 2 heteroatoms. The van der Waals surface area contributed by atoms with E-state index in [0.717, 1.165) is 11.0 Å². The van der Waals surface area contributed by atoms with Gasteiger partial charge < -0.3 is 9.59 Å². The Morgan fingerprint density at radius 1 is 0.357 bits per heavy atom. The Hall–Kier alpha value is -0.0800. The van der Waals surface area contributed by atoms with Crippen LogP contribution in [0.3, 0.4) is 0 Å². The Labute approximate surface area is 268 Å². The van der Waals surface area contributed by atoms with Gasteiger partial charge in [-0.05, 0) is 32.6 Å². The van der Waals surface area contributed by atoms with E-state index in [2.05, 4.69) is 20.9 Å². The molecule has 0 saturated carbocycles. The smallest absolute Gasteiger partial charge is 0.104 e. The minimum Gasteiger partial charge on any atom is -0.388 e. The number of hydrogen-bond donors (Lipinski definition) is 1. The number of aliphatic hydroxyl groups is 1. The summed E-state index contributed by atoms with van der Waals surface area (Å²) >= 11 is 0. The van der Waals surface area contributed by atoms with E-state index >= 15 is 0 Å². The fourth-order valence-corrected chi connectivity index (χ4v) is 7.02. The van der Waals surface area contributed by atoms with Crippen molar-refractivity contribution in [1.82, 2.24) is 0 Å². The quantitative estimate of drug-likeness (QED) is 0.0565. The molecule has 0 spiro atoms. The first kappa shape index (κ1) is 41.9. The molecule has 0 fully saturated rings. The van der Waals surface area contributed by atoms with Crippen LogP contribution >= 0.6 is 0 Å². The van der Waals surface area contributed by atoms with Crippen LogP contribution in [0.25, 0.3) is 0 Å². The Kier molecular flexibility index (Phi) is 33.7. The molecule has 0 amide bonds. The van der Waals surface area contributed by atoms with E-state index in [1.165, 1.54) is 219 Å². The molecule has 0 saturated heterocycles. The molecule has 1 atom stereocenters. The molecule has 2 nitrogen and oxygen atoms in total. The summed E-state index contributed by atoms with van der Waals surface area (Å²) in [4.78, 5) is 0. The third kappa shape index (κ3) is 32.8. The number of aliphatic hydroxyl groups excluding tert-OH is 1. The van der Waals surface area contributed by atoms with Crippen molar-refractivity contribution >= 4 is 0 Å². The highest BCUT2D eigenvalue weighted by Gasteiger charge is 2.22. The number of rotatable bonds is 36. The maximum absolute atomic E-state index is 10.1. The average molecular weight is 595 g/mol. The van der Waals surface area contributed by atoms with Crippen LogP contribution in [-0.4, -0.2) is 42.4 Å². The zero-order valence-corrected chi connectivity index (χ0v) is 30.2. The Balaban J connectivity index is 3.60. The molecular formula is C40H84NO+. The highest BCUT2D eigenvalue weighted by atomic mass is 16.3. The van der Waals surface area contributed by atoms with Gasteiger partial charge in [-0.1, -0.05) is 194 Å². The van der Waals surface area contributed by atoms with Crippen LogP contribution in [0.5, 0.6) is 0 Å². The number of likely N-dealkylation sites (N-methyl/N-ethyl adjacent to an activating group) is 1. The zero-order chi connectivity index (χ0) is 30.8. The number of hydrogen-bond acceptors (Lipinski definition) is 1. The van der Waals surface area contributed by atoms with Gasteiger partial charge in [0.1, 0.15) is 12.6 Å². The Morgan fingerprint density at radius 2 is 0.548 bits per heavy atom. The van der Waals surface area contributed by atoms with Gasteiger partial charge in [-0.2, -0.15) is 0 Å². The van der Waals surface area contributed by atoms with Crippen molar-refractivity contribution < 1.29 is 9.59 Å². The molecule has 0 bridgehead atoms. The van der Waals surface area contributed by atoms with Crippen LogP contribution in [0.2, 0.25) is 0 Å². The van der Waals surface area contributed by atoms with Crippen LogP contribution in [0, 0.1) is 0 Å². The summed E-state index contributed by atoms with van der Waals surface area (Å²) in [5.41, 5.74) is 0. The van der Waals surface area contributed by atoms with Crippen LogP contribution in [0.1, 0.15) is 226 Å². The van der Waals surface area contributed by atoms with E-state index in [1.54, 1.807) is 0 Å². The molecule has 0 aromatic heterocycles. The van der Waals surface area contributed by atoms with Gasteiger partial charge in [0, 0.05) is 0 Å². The van der Waals surface area contributed by atoms with E-state index in [9.17, 15) is 5.11 Å². The molecule has 0 aliphatic carbocycles. The zero-order valence-electron chi connectivity index (χ0n) is 30.2. The highest BCUT2D eigenvalue weighted by molar-refractivity contribution is 4.54. The molecule has 0 heterocycles. The fourth-order valence-electron chi connectivity index (χ4n) is 7.02. The van der Waals surface area contributed by atoms with Gasteiger partial charge in [0.05, 0.1) is 20.1 Å². The van der Waals surface area contributed by atoms with E-state index in [-0.39, 0.29) is 6.10 Å². The van der Waals surface area contributed by atoms with Crippen molar-refractivity contribution in [2.75, 3.05) is 26.7 Å². The Morgan fingerprint density at radius 3 is 0.738 bits per heavy atom. The monoisotopic (exact) mass is 595 g/mol. The molecule has 0 aromatic carbocycles. The third-order valence-electron chi connectivity index (χ3n) is 9.81. The molecule has 0 aliphatic rings. The lowest BCUT2D eigenvalue weighted by molar-refractivity contribution is -0.912. The maximum atomic E-state index is 10.1. The van der Waals surface area contributed by atoms with Crippen LogP contribution in [-0.2, 0) is 0 Å². The van der Waals surface area contributed by atoms with Gasteiger partial charge in [-0.15, -0.1) is 0 Å². The molecule has 1 N–H and O–H groups in total. The summed E-state index contributed by atoms with van der Waals surface area (Å²) in [6.07, 6.45) is 45.7. The largest absolute Gasteiger partial charge is 0.388 e. The molecule has 0 aliphatic heterocycles. The SMILES string of the molecule is CCCCCCCCCCCCCCCCCC[N+](C)(CCCCCCCCCCCCCCCCCC)CC(C)O. The third-order valence-corrected chi connectivity index (χ3v) is 9.81. The topological polar surface area (TPSA) is 20.2 Å². The van der Waals surface area contributed by atoms with E-state index < -0.39 is 0 Å². The minimum absolute atomic E-state index is 0.183. The molecule has 0 aromatic rings. The number of nitrogens with zero attached hydrogens (tertiary/aromatic N) is 1. The predicted octanol–water partition coefficient (Wildman–Crippen LogP) is 13.3. The maximum Gasteiger partial charge on any atom is 0.104 e. The Bertz CT molecular complexity index is 454. The minimum atomic E-state index is -0.183. The van der Waals surface area contributed by atoms with Gasteiger partial charge in [-0.3, -0.25) is 0 Å². The summed E-state index contributed by atoms with van der Waals surface area (Å²) in [5.74, 6) is 0. The molecule has 1 unspecified atom stereocenters. The lowest BCUT2D eigenvalue weighted by Crippen LogP contribution is -2.49. The summed E-state index contributed by atoms with van der Waals surface area (Å²) in [6, 6.07) is 0. The molecule has 0 radical (unpaired) electrons. The van der Waals surface area contributed by atoms with Crippen LogP contribution < -0.4 is 0 Å². The summed E-state index contributed by atoms with van der Waals surface area (Å²) in [6.45, 7) is 10.0. The molecular weight excluding hydrogens is 510 g/mol.